The molecule has 0 aromatic rings. The highest BCUT2D eigenvalue weighted by Gasteiger charge is 2.10. The first-order valence-electron chi connectivity index (χ1n) is 16.7. The Bertz CT molecular complexity index is 632. The number of amides is 1. The molecule has 1 amide bonds. The van der Waals surface area contributed by atoms with E-state index in [2.05, 4.69) is 26.1 Å². The van der Waals surface area contributed by atoms with Gasteiger partial charge in [-0.05, 0) is 0 Å². The van der Waals surface area contributed by atoms with E-state index in [-0.39, 0.29) is 10.7 Å². The van der Waals surface area contributed by atoms with Gasteiger partial charge in [-0.2, -0.15) is 11.8 Å². The molecule has 282 valence electrons. The van der Waals surface area contributed by atoms with Crippen molar-refractivity contribution in [1.82, 2.24) is 5.32 Å². The monoisotopic (exact) mass is 703 g/mol. The van der Waals surface area contributed by atoms with Gasteiger partial charge in [0, 0.05) is 30.6 Å². The lowest BCUT2D eigenvalue weighted by Gasteiger charge is -2.17. The molecule has 0 aliphatic heterocycles. The molecule has 0 bridgehead atoms. The maximum Gasteiger partial charge on any atom is 0.222 e. The highest BCUT2D eigenvalue weighted by molar-refractivity contribution is 8.00. The first kappa shape index (κ1) is 46.3. The van der Waals surface area contributed by atoms with Crippen LogP contribution in [-0.2, 0) is 61.6 Å². The van der Waals surface area contributed by atoms with E-state index < -0.39 is 0 Å². The molecule has 0 fully saturated rings. The van der Waals surface area contributed by atoms with Gasteiger partial charge in [0.05, 0.1) is 152 Å². The number of rotatable bonds is 39. The van der Waals surface area contributed by atoms with E-state index in [1.54, 1.807) is 7.11 Å². The van der Waals surface area contributed by atoms with E-state index in [0.29, 0.717) is 165 Å². The fraction of sp³-hybridized carbons (Fsp3) is 0.969. The molecular weight excluding hydrogens is 638 g/mol. The third kappa shape index (κ3) is 43.3. The predicted octanol–water partition coefficient (Wildman–Crippen LogP) is 1.85. The number of hydrogen-bond donors (Lipinski definition) is 1. The van der Waals surface area contributed by atoms with Crippen molar-refractivity contribution in [1.29, 1.82) is 0 Å². The van der Waals surface area contributed by atoms with Crippen LogP contribution in [0.25, 0.3) is 0 Å². The van der Waals surface area contributed by atoms with Gasteiger partial charge in [0.25, 0.3) is 0 Å². The highest BCUT2D eigenvalue weighted by Crippen LogP contribution is 2.21. The van der Waals surface area contributed by atoms with Crippen LogP contribution in [0.3, 0.4) is 0 Å². The number of ether oxygens (including phenoxy) is 12. The van der Waals surface area contributed by atoms with Gasteiger partial charge in [0.2, 0.25) is 5.91 Å². The average molecular weight is 704 g/mol. The van der Waals surface area contributed by atoms with Crippen molar-refractivity contribution < 1.29 is 61.6 Å². The summed E-state index contributed by atoms with van der Waals surface area (Å²) >= 11 is 1.83. The lowest BCUT2D eigenvalue weighted by Crippen LogP contribution is -2.27. The first-order chi connectivity index (χ1) is 23.0. The fourth-order valence-corrected chi connectivity index (χ4v) is 4.06. The van der Waals surface area contributed by atoms with E-state index in [0.717, 1.165) is 5.75 Å². The van der Waals surface area contributed by atoms with Crippen LogP contribution in [0.2, 0.25) is 0 Å². The number of carbonyl (C=O) groups is 1. The fourth-order valence-electron chi connectivity index (χ4n) is 3.24. The van der Waals surface area contributed by atoms with Gasteiger partial charge in [-0.1, -0.05) is 20.8 Å². The van der Waals surface area contributed by atoms with Crippen LogP contribution in [0, 0.1) is 0 Å². The molecule has 0 heterocycles. The van der Waals surface area contributed by atoms with Gasteiger partial charge in [-0.25, -0.2) is 0 Å². The van der Waals surface area contributed by atoms with Gasteiger partial charge >= 0.3 is 0 Å². The van der Waals surface area contributed by atoms with Crippen LogP contribution in [-0.4, -0.2) is 182 Å². The Hall–Kier alpha value is -0.660. The van der Waals surface area contributed by atoms with Gasteiger partial charge in [-0.15, -0.1) is 0 Å². The van der Waals surface area contributed by atoms with E-state index in [4.69, 9.17) is 56.8 Å². The minimum Gasteiger partial charge on any atom is -0.382 e. The normalized spacial score (nSPS) is 11.8. The molecule has 0 saturated carbocycles. The van der Waals surface area contributed by atoms with Gasteiger partial charge in [0.1, 0.15) is 0 Å². The van der Waals surface area contributed by atoms with Crippen LogP contribution in [0.5, 0.6) is 0 Å². The van der Waals surface area contributed by atoms with Crippen molar-refractivity contribution >= 4 is 17.7 Å². The van der Waals surface area contributed by atoms with E-state index >= 15 is 0 Å². The SMILES string of the molecule is COCCOCCOCCOCCOCCOCCOCCOCCOCCOCCOCCOCCC(=O)NCCSC(C)(C)C. The zero-order valence-electron chi connectivity index (χ0n) is 29.6. The number of hydrogen-bond acceptors (Lipinski definition) is 14. The molecule has 14 nitrogen and oxygen atoms in total. The standard InChI is InChI=1S/C32H65NO13S/c1-32(2,3)47-30-6-33-31(34)5-7-36-10-11-38-14-15-40-18-19-42-22-23-44-26-27-46-29-28-45-25-24-43-21-20-41-17-16-39-13-12-37-9-8-35-4/h5-30H2,1-4H3,(H,33,34). The Kier molecular flexibility index (Phi) is 37.6. The van der Waals surface area contributed by atoms with Crippen molar-refractivity contribution in [2.24, 2.45) is 0 Å². The maximum absolute atomic E-state index is 11.8. The molecule has 1 N–H and O–H groups in total. The summed E-state index contributed by atoms with van der Waals surface area (Å²) in [5.74, 6) is 0.922. The zero-order valence-corrected chi connectivity index (χ0v) is 30.4. The zero-order chi connectivity index (χ0) is 34.4. The minimum atomic E-state index is 0.0151. The topological polar surface area (TPSA) is 140 Å². The molecule has 0 saturated heterocycles. The summed E-state index contributed by atoms with van der Waals surface area (Å²) in [6.07, 6.45) is 0.360. The smallest absolute Gasteiger partial charge is 0.222 e. The second kappa shape index (κ2) is 38.1. The summed E-state index contributed by atoms with van der Waals surface area (Å²) in [4.78, 5) is 11.8. The van der Waals surface area contributed by atoms with E-state index in [1.807, 2.05) is 11.8 Å². The minimum absolute atomic E-state index is 0.0151. The van der Waals surface area contributed by atoms with Gasteiger partial charge in [-0.3, -0.25) is 4.79 Å². The third-order valence-electron chi connectivity index (χ3n) is 5.58. The lowest BCUT2D eigenvalue weighted by atomic mass is 10.3. The number of methoxy groups -OCH3 is 1. The van der Waals surface area contributed by atoms with Crippen molar-refractivity contribution in [3.63, 3.8) is 0 Å². The lowest BCUT2D eigenvalue weighted by molar-refractivity contribution is -0.122. The van der Waals surface area contributed by atoms with Crippen LogP contribution in [0.4, 0.5) is 0 Å². The maximum atomic E-state index is 11.8. The molecule has 0 aromatic carbocycles. The molecule has 15 heteroatoms. The summed E-state index contributed by atoms with van der Waals surface area (Å²) in [6.45, 7) is 18.8. The molecular formula is C32H65NO13S. The van der Waals surface area contributed by atoms with E-state index in [9.17, 15) is 4.79 Å². The molecule has 0 spiro atoms. The van der Waals surface area contributed by atoms with E-state index in [1.165, 1.54) is 0 Å². The summed E-state index contributed by atoms with van der Waals surface area (Å²) in [5.41, 5.74) is 0. The Balaban J connectivity index is 3.11. The van der Waals surface area contributed by atoms with Crippen molar-refractivity contribution in [2.75, 3.05) is 171 Å². The van der Waals surface area contributed by atoms with Gasteiger partial charge < -0.3 is 62.2 Å². The Morgan fingerprint density at radius 2 is 0.702 bits per heavy atom. The highest BCUT2D eigenvalue weighted by atomic mass is 32.2. The molecule has 0 unspecified atom stereocenters. The molecule has 0 rings (SSSR count). The van der Waals surface area contributed by atoms with Crippen LogP contribution in [0.1, 0.15) is 27.2 Å². The Labute approximate surface area is 287 Å². The van der Waals surface area contributed by atoms with Crippen LogP contribution >= 0.6 is 11.8 Å². The Morgan fingerprint density at radius 1 is 0.447 bits per heavy atom. The average Bonchev–Trinajstić information content (AvgIpc) is 3.04. The van der Waals surface area contributed by atoms with Crippen molar-refractivity contribution in [2.45, 2.75) is 31.9 Å². The summed E-state index contributed by atoms with van der Waals surface area (Å²) in [5, 5.41) is 2.91. The molecule has 0 atom stereocenters. The third-order valence-corrected chi connectivity index (χ3v) is 6.86. The largest absolute Gasteiger partial charge is 0.382 e. The quantitative estimate of drug-likeness (QED) is 0.0932. The molecule has 47 heavy (non-hydrogen) atoms. The second-order valence-electron chi connectivity index (χ2n) is 10.8. The number of carbonyl (C=O) groups excluding carboxylic acids is 1. The number of nitrogens with one attached hydrogen (secondary N) is 1. The summed E-state index contributed by atoms with van der Waals surface area (Å²) in [7, 11) is 1.64. The van der Waals surface area contributed by atoms with Crippen LogP contribution in [0.15, 0.2) is 0 Å². The van der Waals surface area contributed by atoms with Crippen LogP contribution < -0.4 is 5.32 Å². The summed E-state index contributed by atoms with van der Waals surface area (Å²) < 4.78 is 65.0. The molecule has 0 aliphatic rings. The second-order valence-corrected chi connectivity index (χ2v) is 12.7. The van der Waals surface area contributed by atoms with Crippen molar-refractivity contribution in [3.8, 4) is 0 Å². The molecule has 0 aromatic heterocycles. The Morgan fingerprint density at radius 3 is 0.957 bits per heavy atom. The summed E-state index contributed by atoms with van der Waals surface area (Å²) in [6, 6.07) is 0. The van der Waals surface area contributed by atoms with Gasteiger partial charge in [0.15, 0.2) is 0 Å². The molecule has 0 radical (unpaired) electrons. The first-order valence-corrected chi connectivity index (χ1v) is 17.7. The molecule has 0 aliphatic carbocycles. The van der Waals surface area contributed by atoms with Crippen molar-refractivity contribution in [3.05, 3.63) is 0 Å². The predicted molar refractivity (Wildman–Crippen MR) is 181 cm³/mol. The number of thioether (sulfide) groups is 1.